The second-order valence-electron chi connectivity index (χ2n) is 4.27. The molecule has 0 aromatic carbocycles. The zero-order valence-corrected chi connectivity index (χ0v) is 10.7. The highest BCUT2D eigenvalue weighted by Crippen LogP contribution is 2.05. The van der Waals surface area contributed by atoms with Gasteiger partial charge in [-0.05, 0) is 0 Å². The summed E-state index contributed by atoms with van der Waals surface area (Å²) in [6.07, 6.45) is 3.09. The number of amides is 1. The molecule has 0 unspecified atom stereocenters. The number of pyridine rings is 1. The zero-order valence-electron chi connectivity index (χ0n) is 10.7. The molecule has 2 heterocycles. The number of ether oxygens (including phenoxy) is 1. The fourth-order valence-electron chi connectivity index (χ4n) is 1.66. The summed E-state index contributed by atoms with van der Waals surface area (Å²) in [6, 6.07) is 3.76. The van der Waals surface area contributed by atoms with Crippen molar-refractivity contribution in [3.05, 3.63) is 24.5 Å². The number of rotatable bonds is 2. The van der Waals surface area contributed by atoms with E-state index in [2.05, 4.69) is 0 Å². The van der Waals surface area contributed by atoms with E-state index < -0.39 is 0 Å². The van der Waals surface area contributed by atoms with Crippen LogP contribution in [0.15, 0.2) is 24.5 Å². The molecule has 0 spiro atoms. The maximum Gasteiger partial charge on any atom is 0.478 e. The number of carbonyl (C=O) groups excluding carboxylic acids is 1. The molecule has 0 bridgehead atoms. The molecule has 6 nitrogen and oxygen atoms in total. The minimum atomic E-state index is -0.346. The molecule has 1 amide bonds. The van der Waals surface area contributed by atoms with Crippen LogP contribution in [0.5, 0.6) is 0 Å². The molecule has 1 aromatic rings. The Morgan fingerprint density at radius 3 is 2.50 bits per heavy atom. The molecule has 1 aliphatic heterocycles. The summed E-state index contributed by atoms with van der Waals surface area (Å²) >= 11 is 0. The number of anilines is 1. The van der Waals surface area contributed by atoms with E-state index in [-0.39, 0.29) is 6.09 Å². The largest absolute Gasteiger partial charge is 0.478 e. The van der Waals surface area contributed by atoms with Gasteiger partial charge in [0, 0.05) is 49.7 Å². The number of nitrogens with zero attached hydrogens (tertiary/aromatic N) is 3. The molecule has 1 fully saturated rings. The zero-order chi connectivity index (χ0) is 13.0. The first-order valence-corrected chi connectivity index (χ1v) is 5.90. The van der Waals surface area contributed by atoms with Crippen LogP contribution in [-0.4, -0.2) is 51.4 Å². The van der Waals surface area contributed by atoms with Crippen LogP contribution >= 0.6 is 0 Å². The van der Waals surface area contributed by atoms with E-state index in [1.807, 2.05) is 31.1 Å². The Hall–Kier alpha value is -1.82. The molecule has 2 rings (SSSR count). The van der Waals surface area contributed by atoms with Gasteiger partial charge in [0.25, 0.3) is 0 Å². The van der Waals surface area contributed by atoms with E-state index in [0.29, 0.717) is 26.3 Å². The van der Waals surface area contributed by atoms with Gasteiger partial charge in [-0.3, -0.25) is 4.90 Å². The molecule has 18 heavy (non-hydrogen) atoms. The lowest BCUT2D eigenvalue weighted by atomic mass is 10.4. The van der Waals surface area contributed by atoms with Crippen LogP contribution in [0, 0.1) is 0 Å². The Morgan fingerprint density at radius 1 is 1.33 bits per heavy atom. The number of carbonyl (C=O) groups is 1. The van der Waals surface area contributed by atoms with Crippen molar-refractivity contribution in [1.29, 1.82) is 0 Å². The molecular weight excluding hydrogens is 234 g/mol. The van der Waals surface area contributed by atoms with E-state index in [4.69, 9.17) is 9.57 Å². The standard InChI is InChI=1S/C12H18N3O3/c1-13(2)11-3-5-15(6-4-11)18-12(16)14-7-9-17-10-8-14/h3-6H,7-10H2,1-2H3/q+1. The highest BCUT2D eigenvalue weighted by molar-refractivity contribution is 5.67. The van der Waals surface area contributed by atoms with Crippen molar-refractivity contribution in [1.82, 2.24) is 4.90 Å². The van der Waals surface area contributed by atoms with Gasteiger partial charge in [-0.1, -0.05) is 0 Å². The minimum Gasteiger partial charge on any atom is -0.378 e. The number of morpholine rings is 1. The Bertz CT molecular complexity index is 400. The summed E-state index contributed by atoms with van der Waals surface area (Å²) in [4.78, 5) is 20.6. The Morgan fingerprint density at radius 2 is 1.94 bits per heavy atom. The monoisotopic (exact) mass is 252 g/mol. The summed E-state index contributed by atoms with van der Waals surface area (Å²) < 4.78 is 6.59. The second-order valence-corrected chi connectivity index (χ2v) is 4.27. The van der Waals surface area contributed by atoms with Gasteiger partial charge in [0.05, 0.1) is 13.2 Å². The van der Waals surface area contributed by atoms with Crippen LogP contribution in [0.2, 0.25) is 0 Å². The van der Waals surface area contributed by atoms with Crippen LogP contribution in [0.3, 0.4) is 0 Å². The fraction of sp³-hybridized carbons (Fsp3) is 0.500. The van der Waals surface area contributed by atoms with Gasteiger partial charge in [0.2, 0.25) is 12.4 Å². The normalized spacial score (nSPS) is 15.3. The third-order valence-corrected chi connectivity index (χ3v) is 2.75. The molecule has 0 saturated carbocycles. The Labute approximate surface area is 106 Å². The summed E-state index contributed by atoms with van der Waals surface area (Å²) in [6.45, 7) is 2.29. The van der Waals surface area contributed by atoms with Crippen LogP contribution in [0.4, 0.5) is 10.5 Å². The predicted octanol–water partition coefficient (Wildman–Crippen LogP) is -0.0791. The summed E-state index contributed by atoms with van der Waals surface area (Å²) in [5, 5.41) is 0. The lowest BCUT2D eigenvalue weighted by Crippen LogP contribution is -2.53. The third-order valence-electron chi connectivity index (χ3n) is 2.75. The van der Waals surface area contributed by atoms with Crippen LogP contribution < -0.4 is 14.5 Å². The Balaban J connectivity index is 1.94. The number of hydrogen-bond acceptors (Lipinski definition) is 4. The molecule has 0 atom stereocenters. The van der Waals surface area contributed by atoms with Gasteiger partial charge in [-0.2, -0.15) is 4.84 Å². The fourth-order valence-corrected chi connectivity index (χ4v) is 1.66. The maximum atomic E-state index is 11.8. The molecule has 1 aliphatic rings. The average Bonchev–Trinajstić information content (AvgIpc) is 2.40. The smallest absolute Gasteiger partial charge is 0.378 e. The lowest BCUT2D eigenvalue weighted by molar-refractivity contribution is -0.869. The molecule has 1 saturated heterocycles. The minimum absolute atomic E-state index is 0.346. The number of aromatic nitrogens is 1. The van der Waals surface area contributed by atoms with Crippen molar-refractivity contribution in [3.8, 4) is 0 Å². The van der Waals surface area contributed by atoms with E-state index in [1.165, 1.54) is 4.73 Å². The van der Waals surface area contributed by atoms with Gasteiger partial charge in [0.15, 0.2) is 0 Å². The molecule has 1 aromatic heterocycles. The first-order chi connectivity index (χ1) is 8.66. The maximum absolute atomic E-state index is 11.8. The Kier molecular flexibility index (Phi) is 3.99. The molecule has 0 N–H and O–H groups in total. The van der Waals surface area contributed by atoms with Crippen LogP contribution in [0.1, 0.15) is 0 Å². The van der Waals surface area contributed by atoms with Gasteiger partial charge in [0.1, 0.15) is 0 Å². The first-order valence-electron chi connectivity index (χ1n) is 5.90. The van der Waals surface area contributed by atoms with Gasteiger partial charge >= 0.3 is 6.09 Å². The lowest BCUT2D eigenvalue weighted by Gasteiger charge is -2.23. The van der Waals surface area contributed by atoms with E-state index >= 15 is 0 Å². The summed E-state index contributed by atoms with van der Waals surface area (Å²) in [5.41, 5.74) is 1.05. The first kappa shape index (κ1) is 12.6. The van der Waals surface area contributed by atoms with Crippen LogP contribution in [-0.2, 0) is 4.74 Å². The highest BCUT2D eigenvalue weighted by Gasteiger charge is 2.22. The SMILES string of the molecule is CN(C)c1cc[n+](OC(=O)N2CCOCC2)cc1. The average molecular weight is 252 g/mol. The van der Waals surface area contributed by atoms with Crippen molar-refractivity contribution in [2.75, 3.05) is 45.3 Å². The molecular formula is C12H18N3O3+. The molecule has 98 valence electrons. The molecule has 0 radical (unpaired) electrons. The van der Waals surface area contributed by atoms with Crippen molar-refractivity contribution in [2.24, 2.45) is 0 Å². The third kappa shape index (κ3) is 3.10. The van der Waals surface area contributed by atoms with Gasteiger partial charge in [-0.15, -0.1) is 0 Å². The van der Waals surface area contributed by atoms with Crippen molar-refractivity contribution >= 4 is 11.8 Å². The quantitative estimate of drug-likeness (QED) is 0.691. The van der Waals surface area contributed by atoms with Gasteiger partial charge < -0.3 is 9.64 Å². The topological polar surface area (TPSA) is 45.9 Å². The van der Waals surface area contributed by atoms with Crippen molar-refractivity contribution in [3.63, 3.8) is 0 Å². The summed E-state index contributed by atoms with van der Waals surface area (Å²) in [5.74, 6) is 0. The van der Waals surface area contributed by atoms with Crippen molar-refractivity contribution < 1.29 is 19.1 Å². The van der Waals surface area contributed by atoms with E-state index in [9.17, 15) is 4.79 Å². The number of hydrogen-bond donors (Lipinski definition) is 0. The van der Waals surface area contributed by atoms with Crippen LogP contribution in [0.25, 0.3) is 0 Å². The highest BCUT2D eigenvalue weighted by atomic mass is 16.7. The van der Waals surface area contributed by atoms with Gasteiger partial charge in [-0.25, -0.2) is 4.79 Å². The molecule has 6 heteroatoms. The predicted molar refractivity (Wildman–Crippen MR) is 65.3 cm³/mol. The summed E-state index contributed by atoms with van der Waals surface area (Å²) in [7, 11) is 3.92. The van der Waals surface area contributed by atoms with E-state index in [0.717, 1.165) is 5.69 Å². The van der Waals surface area contributed by atoms with Crippen molar-refractivity contribution in [2.45, 2.75) is 0 Å². The molecule has 0 aliphatic carbocycles. The second kappa shape index (κ2) is 5.68. The van der Waals surface area contributed by atoms with E-state index in [1.54, 1.807) is 17.3 Å².